The van der Waals surface area contributed by atoms with Crippen LogP contribution in [0.5, 0.6) is 0 Å². The van der Waals surface area contributed by atoms with E-state index in [0.717, 1.165) is 25.9 Å². The summed E-state index contributed by atoms with van der Waals surface area (Å²) in [6, 6.07) is 0. The van der Waals surface area contributed by atoms with Crippen molar-refractivity contribution < 1.29 is 19.0 Å². The van der Waals surface area contributed by atoms with Crippen molar-refractivity contribution >= 4 is 6.16 Å². The lowest BCUT2D eigenvalue weighted by Gasteiger charge is -2.14. The fourth-order valence-electron chi connectivity index (χ4n) is 3.51. The van der Waals surface area contributed by atoms with Gasteiger partial charge in [0.25, 0.3) is 0 Å². The molecule has 184 valence electrons. The summed E-state index contributed by atoms with van der Waals surface area (Å²) in [5.41, 5.74) is 0. The lowest BCUT2D eigenvalue weighted by molar-refractivity contribution is 0.0188. The van der Waals surface area contributed by atoms with Crippen LogP contribution in [0.15, 0.2) is 12.2 Å². The molecule has 0 N–H and O–H groups in total. The van der Waals surface area contributed by atoms with Gasteiger partial charge in [-0.2, -0.15) is 0 Å². The second-order valence-electron chi connectivity index (χ2n) is 8.67. The first-order valence-corrected chi connectivity index (χ1v) is 13.3. The van der Waals surface area contributed by atoms with E-state index in [1.807, 2.05) is 0 Å². The Balaban J connectivity index is 3.29. The molecular weight excluding hydrogens is 388 g/mol. The minimum absolute atomic E-state index is 0.273. The minimum Gasteiger partial charge on any atom is -0.434 e. The molecule has 1 unspecified atom stereocenters. The van der Waals surface area contributed by atoms with Crippen LogP contribution in [-0.4, -0.2) is 32.6 Å². The van der Waals surface area contributed by atoms with Crippen LogP contribution >= 0.6 is 0 Å². The highest BCUT2D eigenvalue weighted by molar-refractivity contribution is 5.59. The summed E-state index contributed by atoms with van der Waals surface area (Å²) in [7, 11) is 0. The number of hydrogen-bond acceptors (Lipinski definition) is 4. The van der Waals surface area contributed by atoms with Crippen molar-refractivity contribution in [3.05, 3.63) is 12.2 Å². The Morgan fingerprint density at radius 1 is 0.677 bits per heavy atom. The van der Waals surface area contributed by atoms with Crippen LogP contribution in [-0.2, 0) is 14.2 Å². The Labute approximate surface area is 193 Å². The molecule has 1 atom stereocenters. The summed E-state index contributed by atoms with van der Waals surface area (Å²) < 4.78 is 15.8. The molecule has 0 radical (unpaired) electrons. The van der Waals surface area contributed by atoms with Gasteiger partial charge in [-0.3, -0.25) is 0 Å². The minimum atomic E-state index is -0.566. The molecule has 31 heavy (non-hydrogen) atoms. The van der Waals surface area contributed by atoms with Gasteiger partial charge in [0.05, 0.1) is 13.2 Å². The topological polar surface area (TPSA) is 44.8 Å². The van der Waals surface area contributed by atoms with Crippen molar-refractivity contribution in [1.82, 2.24) is 0 Å². The number of rotatable bonds is 23. The van der Waals surface area contributed by atoms with Crippen LogP contribution in [0.3, 0.4) is 0 Å². The van der Waals surface area contributed by atoms with Crippen molar-refractivity contribution in [2.24, 2.45) is 5.92 Å². The third kappa shape index (κ3) is 23.5. The number of ether oxygens (including phenoxy) is 3. The van der Waals surface area contributed by atoms with Crippen molar-refractivity contribution in [2.45, 2.75) is 124 Å². The fourth-order valence-corrected chi connectivity index (χ4v) is 3.51. The maximum absolute atomic E-state index is 11.6. The number of allylic oxidation sites excluding steroid dienone is 2. The van der Waals surface area contributed by atoms with Crippen LogP contribution in [0.1, 0.15) is 124 Å². The zero-order valence-corrected chi connectivity index (χ0v) is 21.0. The first-order chi connectivity index (χ1) is 15.2. The summed E-state index contributed by atoms with van der Waals surface area (Å²) in [5.74, 6) is 0.445. The molecule has 0 aliphatic carbocycles. The second-order valence-corrected chi connectivity index (χ2v) is 8.67. The van der Waals surface area contributed by atoms with Gasteiger partial charge >= 0.3 is 6.16 Å². The number of carbonyl (C=O) groups excluding carboxylic acids is 1. The largest absolute Gasteiger partial charge is 0.508 e. The summed E-state index contributed by atoms with van der Waals surface area (Å²) in [5, 5.41) is 0. The first-order valence-electron chi connectivity index (χ1n) is 13.3. The standard InChI is InChI=1S/C27H52O4/c1-4-7-9-10-11-12-13-14-15-16-17-18-19-20-22-29-23-24-30-27(28)31-25-26(6-3)21-8-5-2/h13-14,26H,4-12,15-25H2,1-3H3/b14-13-. The van der Waals surface area contributed by atoms with Gasteiger partial charge in [-0.25, -0.2) is 4.79 Å². The highest BCUT2D eigenvalue weighted by atomic mass is 16.7. The van der Waals surface area contributed by atoms with Gasteiger partial charge in [0, 0.05) is 6.61 Å². The molecule has 0 aromatic carbocycles. The smallest absolute Gasteiger partial charge is 0.434 e. The van der Waals surface area contributed by atoms with Gasteiger partial charge in [0.1, 0.15) is 6.61 Å². The zero-order valence-electron chi connectivity index (χ0n) is 21.0. The molecule has 4 heteroatoms. The summed E-state index contributed by atoms with van der Waals surface area (Å²) in [6.07, 6.45) is 24.1. The molecule has 0 spiro atoms. The Kier molecular flexibility index (Phi) is 24.4. The first kappa shape index (κ1) is 30.0. The molecule has 0 heterocycles. The summed E-state index contributed by atoms with van der Waals surface area (Å²) in [6.45, 7) is 8.51. The van der Waals surface area contributed by atoms with Crippen molar-refractivity contribution in [3.8, 4) is 0 Å². The van der Waals surface area contributed by atoms with E-state index in [2.05, 4.69) is 32.9 Å². The monoisotopic (exact) mass is 440 g/mol. The zero-order chi connectivity index (χ0) is 22.8. The van der Waals surface area contributed by atoms with E-state index in [-0.39, 0.29) is 6.61 Å². The van der Waals surface area contributed by atoms with Crippen LogP contribution in [0, 0.1) is 5.92 Å². The summed E-state index contributed by atoms with van der Waals surface area (Å²) >= 11 is 0. The van der Waals surface area contributed by atoms with E-state index < -0.39 is 6.16 Å². The van der Waals surface area contributed by atoms with E-state index in [1.54, 1.807) is 0 Å². The molecule has 0 bridgehead atoms. The molecule has 0 saturated carbocycles. The maximum atomic E-state index is 11.6. The van der Waals surface area contributed by atoms with Crippen molar-refractivity contribution in [2.75, 3.05) is 26.4 Å². The molecular formula is C27H52O4. The molecule has 0 aromatic rings. The lowest BCUT2D eigenvalue weighted by atomic mass is 10.0. The van der Waals surface area contributed by atoms with Gasteiger partial charge in [-0.05, 0) is 44.4 Å². The lowest BCUT2D eigenvalue weighted by Crippen LogP contribution is -2.17. The number of hydrogen-bond donors (Lipinski definition) is 0. The number of carbonyl (C=O) groups is 1. The van der Waals surface area contributed by atoms with Gasteiger partial charge < -0.3 is 14.2 Å². The molecule has 0 saturated heterocycles. The Morgan fingerprint density at radius 3 is 1.94 bits per heavy atom. The fraction of sp³-hybridized carbons (Fsp3) is 0.889. The molecule has 0 aromatic heterocycles. The van der Waals surface area contributed by atoms with Crippen molar-refractivity contribution in [1.29, 1.82) is 0 Å². The average Bonchev–Trinajstić information content (AvgIpc) is 2.78. The van der Waals surface area contributed by atoms with Gasteiger partial charge in [-0.1, -0.05) is 97.1 Å². The highest BCUT2D eigenvalue weighted by Gasteiger charge is 2.10. The van der Waals surface area contributed by atoms with E-state index in [9.17, 15) is 4.79 Å². The van der Waals surface area contributed by atoms with Crippen LogP contribution in [0.25, 0.3) is 0 Å². The highest BCUT2D eigenvalue weighted by Crippen LogP contribution is 2.13. The van der Waals surface area contributed by atoms with E-state index >= 15 is 0 Å². The van der Waals surface area contributed by atoms with Crippen molar-refractivity contribution in [3.63, 3.8) is 0 Å². The molecule has 0 amide bonds. The van der Waals surface area contributed by atoms with Gasteiger partial charge in [0.2, 0.25) is 0 Å². The average molecular weight is 441 g/mol. The summed E-state index contributed by atoms with van der Waals surface area (Å²) in [4.78, 5) is 11.6. The van der Waals surface area contributed by atoms with Crippen LogP contribution in [0.2, 0.25) is 0 Å². The second kappa shape index (κ2) is 25.2. The molecule has 0 aliphatic rings. The number of unbranched alkanes of at least 4 members (excludes halogenated alkanes) is 11. The predicted octanol–water partition coefficient (Wildman–Crippen LogP) is 8.63. The molecule has 0 aliphatic heterocycles. The molecule has 0 fully saturated rings. The quantitative estimate of drug-likeness (QED) is 0.0906. The van der Waals surface area contributed by atoms with Crippen LogP contribution in [0.4, 0.5) is 4.79 Å². The van der Waals surface area contributed by atoms with Gasteiger partial charge in [0.15, 0.2) is 0 Å². The molecule has 0 rings (SSSR count). The van der Waals surface area contributed by atoms with E-state index in [1.165, 1.54) is 83.5 Å². The van der Waals surface area contributed by atoms with E-state index in [0.29, 0.717) is 19.1 Å². The van der Waals surface area contributed by atoms with Crippen LogP contribution < -0.4 is 0 Å². The SMILES string of the molecule is CCCCCCC/C=C\CCCCCCCOCCOC(=O)OCC(CC)CCCC. The third-order valence-corrected chi connectivity index (χ3v) is 5.73. The maximum Gasteiger partial charge on any atom is 0.508 e. The van der Waals surface area contributed by atoms with E-state index in [4.69, 9.17) is 14.2 Å². The normalized spacial score (nSPS) is 12.4. The Hall–Kier alpha value is -1.03. The third-order valence-electron chi connectivity index (χ3n) is 5.73. The Morgan fingerprint density at radius 2 is 1.29 bits per heavy atom. The molecule has 4 nitrogen and oxygen atoms in total. The Bertz CT molecular complexity index is 395. The predicted molar refractivity (Wildman–Crippen MR) is 132 cm³/mol. The van der Waals surface area contributed by atoms with Gasteiger partial charge in [-0.15, -0.1) is 0 Å².